The number of hydroxylamine groups is 6. The van der Waals surface area contributed by atoms with Gasteiger partial charge in [-0.2, -0.15) is 15.2 Å². The van der Waals surface area contributed by atoms with Crippen molar-refractivity contribution >= 4 is 0 Å². The summed E-state index contributed by atoms with van der Waals surface area (Å²) >= 11 is 0. The molecule has 0 amide bonds. The highest BCUT2D eigenvalue weighted by atomic mass is 16.5. The van der Waals surface area contributed by atoms with Gasteiger partial charge in [0.05, 0.1) is 58.0 Å². The molecule has 0 aromatic rings. The van der Waals surface area contributed by atoms with Crippen molar-refractivity contribution in [1.82, 2.24) is 15.2 Å². The average Bonchev–Trinajstić information content (AvgIpc) is 2.94. The van der Waals surface area contributed by atoms with Crippen molar-refractivity contribution in [2.45, 2.75) is 173 Å². The fourth-order valence-corrected chi connectivity index (χ4v) is 7.78. The van der Waals surface area contributed by atoms with Crippen LogP contribution in [0.1, 0.15) is 122 Å². The van der Waals surface area contributed by atoms with Crippen molar-refractivity contribution in [3.05, 3.63) is 0 Å². The summed E-state index contributed by atoms with van der Waals surface area (Å²) < 4.78 is 32.3. The number of hydrogen-bond donors (Lipinski definition) is 3. The first-order valence-corrected chi connectivity index (χ1v) is 17.7. The lowest BCUT2D eigenvalue weighted by Crippen LogP contribution is -2.60. The molecule has 0 unspecified atom stereocenters. The molecule has 0 aromatic heterocycles. The maximum absolute atomic E-state index is 10.1. The Balaban J connectivity index is 0.000000360. The van der Waals surface area contributed by atoms with Gasteiger partial charge in [0.25, 0.3) is 0 Å². The summed E-state index contributed by atoms with van der Waals surface area (Å²) in [5, 5.41) is 34.7. The Morgan fingerprint density at radius 1 is 0.375 bits per heavy atom. The number of rotatable bonds is 12. The van der Waals surface area contributed by atoms with Crippen LogP contribution in [0, 0.1) is 0 Å². The SMILES string of the molecule is COCCOC1CC(C)(C)N(O)C(C)(C)C1.COCCOC1CC(C)(C)N(O)C(C)(C)C1.COCCOC1CC(C)(C)N(O)C(C)(C)C1. The van der Waals surface area contributed by atoms with E-state index in [9.17, 15) is 15.6 Å². The highest BCUT2D eigenvalue weighted by Crippen LogP contribution is 2.40. The summed E-state index contributed by atoms with van der Waals surface area (Å²) in [5.74, 6) is 0. The van der Waals surface area contributed by atoms with Crippen LogP contribution < -0.4 is 0 Å². The summed E-state index contributed by atoms with van der Waals surface area (Å²) in [5.41, 5.74) is -1.42. The van der Waals surface area contributed by atoms with Crippen molar-refractivity contribution < 1.29 is 44.0 Å². The lowest BCUT2D eigenvalue weighted by molar-refractivity contribution is -0.261. The van der Waals surface area contributed by atoms with Gasteiger partial charge in [-0.1, -0.05) is 0 Å². The molecular formula is C36H75N3O9. The zero-order valence-electron chi connectivity index (χ0n) is 33.4. The van der Waals surface area contributed by atoms with Crippen LogP contribution in [0.4, 0.5) is 0 Å². The van der Waals surface area contributed by atoms with Gasteiger partial charge >= 0.3 is 0 Å². The van der Waals surface area contributed by atoms with E-state index in [2.05, 4.69) is 0 Å². The molecule has 0 bridgehead atoms. The fourth-order valence-electron chi connectivity index (χ4n) is 7.78. The van der Waals surface area contributed by atoms with E-state index in [4.69, 9.17) is 28.4 Å². The summed E-state index contributed by atoms with van der Waals surface area (Å²) in [6.07, 6.45) is 5.66. The number of piperidine rings is 3. The van der Waals surface area contributed by atoms with Crippen LogP contribution >= 0.6 is 0 Å². The van der Waals surface area contributed by atoms with E-state index in [1.807, 2.05) is 83.1 Å². The normalized spacial score (nSPS) is 25.9. The van der Waals surface area contributed by atoms with Gasteiger partial charge in [0.2, 0.25) is 0 Å². The van der Waals surface area contributed by atoms with Gasteiger partial charge in [-0.05, 0) is 122 Å². The molecule has 3 fully saturated rings. The first-order chi connectivity index (χ1) is 21.9. The van der Waals surface area contributed by atoms with E-state index in [1.165, 1.54) is 15.2 Å². The molecule has 0 aromatic carbocycles. The van der Waals surface area contributed by atoms with Gasteiger partial charge in [0.1, 0.15) is 0 Å². The molecule has 288 valence electrons. The maximum Gasteiger partial charge on any atom is 0.0704 e. The first-order valence-electron chi connectivity index (χ1n) is 17.7. The topological polar surface area (TPSA) is 126 Å². The summed E-state index contributed by atoms with van der Waals surface area (Å²) in [4.78, 5) is 0. The monoisotopic (exact) mass is 694 g/mol. The summed E-state index contributed by atoms with van der Waals surface area (Å²) in [7, 11) is 5.02. The molecule has 3 saturated heterocycles. The van der Waals surface area contributed by atoms with Crippen molar-refractivity contribution in [1.29, 1.82) is 0 Å². The quantitative estimate of drug-likeness (QED) is 0.202. The Hall–Kier alpha value is -0.480. The second kappa shape index (κ2) is 18.8. The molecule has 12 heteroatoms. The zero-order chi connectivity index (χ0) is 37.2. The molecule has 3 aliphatic heterocycles. The second-order valence-electron chi connectivity index (χ2n) is 17.5. The van der Waals surface area contributed by atoms with Gasteiger partial charge in [-0.3, -0.25) is 0 Å². The molecular weight excluding hydrogens is 618 g/mol. The molecule has 48 heavy (non-hydrogen) atoms. The molecule has 0 radical (unpaired) electrons. The molecule has 0 aliphatic carbocycles. The van der Waals surface area contributed by atoms with Crippen molar-refractivity contribution in [3.8, 4) is 0 Å². The number of methoxy groups -OCH3 is 3. The minimum atomic E-state index is -0.237. The van der Waals surface area contributed by atoms with E-state index in [1.54, 1.807) is 21.3 Å². The third-order valence-electron chi connectivity index (χ3n) is 9.73. The lowest BCUT2D eigenvalue weighted by Gasteiger charge is -2.51. The molecule has 12 nitrogen and oxygen atoms in total. The molecule has 3 rings (SSSR count). The Labute approximate surface area is 293 Å². The van der Waals surface area contributed by atoms with Crippen LogP contribution in [-0.2, 0) is 28.4 Å². The third-order valence-corrected chi connectivity index (χ3v) is 9.73. The Bertz CT molecular complexity index is 745. The van der Waals surface area contributed by atoms with Gasteiger partial charge in [-0.15, -0.1) is 0 Å². The average molecular weight is 694 g/mol. The number of nitrogens with zero attached hydrogens (tertiary/aromatic N) is 3. The largest absolute Gasteiger partial charge is 0.382 e. The number of ether oxygens (including phenoxy) is 6. The Kier molecular flexibility index (Phi) is 17.9. The first kappa shape index (κ1) is 45.5. The maximum atomic E-state index is 10.1. The molecule has 3 N–H and O–H groups in total. The molecule has 3 heterocycles. The zero-order valence-corrected chi connectivity index (χ0v) is 33.4. The third kappa shape index (κ3) is 13.9. The van der Waals surface area contributed by atoms with E-state index in [-0.39, 0.29) is 51.5 Å². The van der Waals surface area contributed by atoms with Crippen LogP contribution in [0.15, 0.2) is 0 Å². The van der Waals surface area contributed by atoms with Crippen molar-refractivity contribution in [2.24, 2.45) is 0 Å². The standard InChI is InChI=1S/3C12H25NO3/c3*1-11(2)8-10(16-7-6-15-5)9-12(3,4)13(11)14/h3*10,14H,6-9H2,1-5H3. The number of hydrogen-bond acceptors (Lipinski definition) is 12. The van der Waals surface area contributed by atoms with Crippen LogP contribution in [0.25, 0.3) is 0 Å². The smallest absolute Gasteiger partial charge is 0.0704 e. The van der Waals surface area contributed by atoms with Gasteiger partial charge in [0.15, 0.2) is 0 Å². The van der Waals surface area contributed by atoms with Crippen LogP contribution in [0.3, 0.4) is 0 Å². The van der Waals surface area contributed by atoms with Crippen LogP contribution in [-0.4, -0.2) is 143 Å². The fraction of sp³-hybridized carbons (Fsp3) is 1.00. The van der Waals surface area contributed by atoms with Crippen LogP contribution in [0.5, 0.6) is 0 Å². The highest BCUT2D eigenvalue weighted by Gasteiger charge is 2.47. The van der Waals surface area contributed by atoms with Crippen LogP contribution in [0.2, 0.25) is 0 Å². The van der Waals surface area contributed by atoms with Crippen molar-refractivity contribution in [2.75, 3.05) is 61.0 Å². The van der Waals surface area contributed by atoms with Gasteiger partial charge in [0, 0.05) is 54.6 Å². The molecule has 0 atom stereocenters. The molecule has 3 aliphatic rings. The predicted molar refractivity (Wildman–Crippen MR) is 188 cm³/mol. The molecule has 0 spiro atoms. The van der Waals surface area contributed by atoms with E-state index >= 15 is 0 Å². The Morgan fingerprint density at radius 2 is 0.542 bits per heavy atom. The van der Waals surface area contributed by atoms with Gasteiger partial charge in [-0.25, -0.2) is 0 Å². The molecule has 0 saturated carbocycles. The summed E-state index contributed by atoms with van der Waals surface area (Å²) in [6.45, 7) is 28.3. The van der Waals surface area contributed by atoms with Gasteiger partial charge < -0.3 is 44.0 Å². The second-order valence-corrected chi connectivity index (χ2v) is 17.5. The van der Waals surface area contributed by atoms with E-state index in [0.717, 1.165) is 38.5 Å². The lowest BCUT2D eigenvalue weighted by atomic mass is 9.80. The minimum absolute atomic E-state index is 0.198. The predicted octanol–water partition coefficient (Wildman–Crippen LogP) is 6.18. The van der Waals surface area contributed by atoms with Crippen molar-refractivity contribution in [3.63, 3.8) is 0 Å². The highest BCUT2D eigenvalue weighted by molar-refractivity contribution is 4.98. The van der Waals surface area contributed by atoms with E-state index < -0.39 is 0 Å². The minimum Gasteiger partial charge on any atom is -0.382 e. The summed E-state index contributed by atoms with van der Waals surface area (Å²) in [6, 6.07) is 0. The van der Waals surface area contributed by atoms with E-state index in [0.29, 0.717) is 39.6 Å². The Morgan fingerprint density at radius 3 is 0.688 bits per heavy atom.